The fourth-order valence-corrected chi connectivity index (χ4v) is 3.12. The zero-order valence-corrected chi connectivity index (χ0v) is 13.2. The molecule has 1 aliphatic rings. The number of esters is 1. The lowest BCUT2D eigenvalue weighted by molar-refractivity contribution is -0.137. The fourth-order valence-electron chi connectivity index (χ4n) is 2.21. The van der Waals surface area contributed by atoms with Gasteiger partial charge < -0.3 is 10.1 Å². The van der Waals surface area contributed by atoms with Crippen LogP contribution in [0, 0.1) is 18.3 Å². The molecular formula is C16H16N2O3S. The molecule has 0 aliphatic carbocycles. The van der Waals surface area contributed by atoms with E-state index < -0.39 is 5.97 Å². The number of nitrogens with one attached hydrogen (secondary N) is 1. The summed E-state index contributed by atoms with van der Waals surface area (Å²) in [6.07, 6.45) is 0.230. The van der Waals surface area contributed by atoms with Gasteiger partial charge in [-0.1, -0.05) is 41.6 Å². The third-order valence-corrected chi connectivity index (χ3v) is 4.39. The largest absolute Gasteiger partial charge is 0.468 e. The van der Waals surface area contributed by atoms with Crippen LogP contribution >= 0.6 is 11.8 Å². The molecule has 5 nitrogen and oxygen atoms in total. The summed E-state index contributed by atoms with van der Waals surface area (Å²) in [4.78, 5) is 23.2. The van der Waals surface area contributed by atoms with Crippen LogP contribution in [0.2, 0.25) is 0 Å². The van der Waals surface area contributed by atoms with E-state index in [1.54, 1.807) is 0 Å². The summed E-state index contributed by atoms with van der Waals surface area (Å²) >= 11 is 1.12. The van der Waals surface area contributed by atoms with Crippen molar-refractivity contribution in [2.45, 2.75) is 19.3 Å². The Labute approximate surface area is 133 Å². The van der Waals surface area contributed by atoms with Crippen LogP contribution in [0.5, 0.6) is 0 Å². The van der Waals surface area contributed by atoms with Gasteiger partial charge in [0.1, 0.15) is 0 Å². The lowest BCUT2D eigenvalue weighted by Gasteiger charge is -2.25. The van der Waals surface area contributed by atoms with Gasteiger partial charge in [-0.3, -0.25) is 9.59 Å². The van der Waals surface area contributed by atoms with Crippen LogP contribution < -0.4 is 5.32 Å². The number of hydrogen-bond donors (Lipinski definition) is 1. The van der Waals surface area contributed by atoms with Crippen LogP contribution in [0.4, 0.5) is 0 Å². The van der Waals surface area contributed by atoms with E-state index >= 15 is 0 Å². The van der Waals surface area contributed by atoms with Crippen LogP contribution in [-0.2, 0) is 14.3 Å². The highest BCUT2D eigenvalue weighted by Gasteiger charge is 2.29. The SMILES string of the molecule is COC(=O)CSC1=C(C#N)[C@@H](c2ccc(C)cc2)CC(=O)N1. The summed E-state index contributed by atoms with van der Waals surface area (Å²) in [5, 5.41) is 12.6. The molecule has 1 N–H and O–H groups in total. The summed E-state index contributed by atoms with van der Waals surface area (Å²) in [6, 6.07) is 9.94. The molecule has 0 unspecified atom stereocenters. The van der Waals surface area contributed by atoms with Gasteiger partial charge >= 0.3 is 5.97 Å². The summed E-state index contributed by atoms with van der Waals surface area (Å²) in [5.74, 6) is -0.782. The average molecular weight is 316 g/mol. The smallest absolute Gasteiger partial charge is 0.316 e. The van der Waals surface area contributed by atoms with Gasteiger partial charge in [0.05, 0.1) is 29.5 Å². The standard InChI is InChI=1S/C16H16N2O3S/c1-10-3-5-11(6-4-10)12-7-14(19)18-16(13(12)8-17)22-9-15(20)21-2/h3-6,12H,7,9H2,1-2H3,(H,18,19)/t12-/m1/s1. The Morgan fingerprint density at radius 2 is 2.14 bits per heavy atom. The van der Waals surface area contributed by atoms with Crippen molar-refractivity contribution in [2.75, 3.05) is 12.9 Å². The minimum Gasteiger partial charge on any atom is -0.468 e. The summed E-state index contributed by atoms with van der Waals surface area (Å²) in [6.45, 7) is 1.98. The number of allylic oxidation sites excluding steroid dienone is 1. The lowest BCUT2D eigenvalue weighted by atomic mass is 9.87. The lowest BCUT2D eigenvalue weighted by Crippen LogP contribution is -2.31. The second-order valence-electron chi connectivity index (χ2n) is 4.93. The van der Waals surface area contributed by atoms with E-state index in [1.165, 1.54) is 7.11 Å². The van der Waals surface area contributed by atoms with E-state index in [0.29, 0.717) is 10.6 Å². The van der Waals surface area contributed by atoms with Gasteiger partial charge in [-0.15, -0.1) is 0 Å². The molecule has 2 rings (SSSR count). The Bertz CT molecular complexity index is 659. The van der Waals surface area contributed by atoms with Gasteiger partial charge in [0.25, 0.3) is 0 Å². The zero-order chi connectivity index (χ0) is 16.1. The molecule has 22 heavy (non-hydrogen) atoms. The number of carbonyl (C=O) groups excluding carboxylic acids is 2. The van der Waals surface area contributed by atoms with Crippen LogP contribution in [0.3, 0.4) is 0 Å². The van der Waals surface area contributed by atoms with Crippen molar-refractivity contribution in [3.05, 3.63) is 46.0 Å². The highest BCUT2D eigenvalue weighted by molar-refractivity contribution is 8.03. The molecule has 0 radical (unpaired) electrons. The topological polar surface area (TPSA) is 79.2 Å². The van der Waals surface area contributed by atoms with E-state index in [9.17, 15) is 14.9 Å². The molecule has 1 aliphatic heterocycles. The monoisotopic (exact) mass is 316 g/mol. The summed E-state index contributed by atoms with van der Waals surface area (Å²) in [5.41, 5.74) is 2.53. The van der Waals surface area contributed by atoms with Gasteiger partial charge in [-0.25, -0.2) is 0 Å². The summed E-state index contributed by atoms with van der Waals surface area (Å²) in [7, 11) is 1.30. The molecular weight excluding hydrogens is 300 g/mol. The maximum absolute atomic E-state index is 11.9. The number of nitrogens with zero attached hydrogens (tertiary/aromatic N) is 1. The molecule has 1 heterocycles. The molecule has 1 amide bonds. The molecule has 0 bridgehead atoms. The van der Waals surface area contributed by atoms with Crippen LogP contribution in [0.1, 0.15) is 23.5 Å². The average Bonchev–Trinajstić information content (AvgIpc) is 2.52. The molecule has 0 saturated heterocycles. The minimum absolute atomic E-state index is 0.0535. The van der Waals surface area contributed by atoms with Crippen molar-refractivity contribution in [1.29, 1.82) is 5.26 Å². The van der Waals surface area contributed by atoms with Crippen molar-refractivity contribution < 1.29 is 14.3 Å². The van der Waals surface area contributed by atoms with Gasteiger partial charge in [0.2, 0.25) is 5.91 Å². The maximum Gasteiger partial charge on any atom is 0.316 e. The zero-order valence-electron chi connectivity index (χ0n) is 12.4. The number of benzene rings is 1. The highest BCUT2D eigenvalue weighted by atomic mass is 32.2. The number of hydrogen-bond acceptors (Lipinski definition) is 5. The summed E-state index contributed by atoms with van der Waals surface area (Å²) < 4.78 is 4.58. The van der Waals surface area contributed by atoms with Crippen LogP contribution in [0.15, 0.2) is 34.9 Å². The molecule has 6 heteroatoms. The van der Waals surface area contributed by atoms with Gasteiger partial charge in [-0.05, 0) is 12.5 Å². The van der Waals surface area contributed by atoms with Gasteiger partial charge in [-0.2, -0.15) is 5.26 Å². The highest BCUT2D eigenvalue weighted by Crippen LogP contribution is 2.35. The first-order chi connectivity index (χ1) is 10.5. The number of methoxy groups -OCH3 is 1. The first-order valence-electron chi connectivity index (χ1n) is 6.75. The molecule has 1 aromatic rings. The number of carbonyl (C=O) groups is 2. The third kappa shape index (κ3) is 3.68. The number of ether oxygens (including phenoxy) is 1. The van der Waals surface area contributed by atoms with Gasteiger partial charge in [0.15, 0.2) is 0 Å². The minimum atomic E-state index is -0.401. The molecule has 0 saturated carbocycles. The van der Waals surface area contributed by atoms with Crippen molar-refractivity contribution in [3.63, 3.8) is 0 Å². The number of rotatable bonds is 4. The van der Waals surface area contributed by atoms with E-state index in [4.69, 9.17) is 0 Å². The molecule has 0 fully saturated rings. The number of aryl methyl sites for hydroxylation is 1. The van der Waals surface area contributed by atoms with Crippen molar-refractivity contribution in [3.8, 4) is 6.07 Å². The Morgan fingerprint density at radius 1 is 1.45 bits per heavy atom. The van der Waals surface area contributed by atoms with E-state index in [-0.39, 0.29) is 24.0 Å². The van der Waals surface area contributed by atoms with Crippen molar-refractivity contribution >= 4 is 23.6 Å². The van der Waals surface area contributed by atoms with Crippen LogP contribution in [-0.4, -0.2) is 24.7 Å². The normalized spacial score (nSPS) is 17.7. The number of thioether (sulfide) groups is 1. The predicted octanol–water partition coefficient (Wildman–Crippen LogP) is 2.24. The first kappa shape index (κ1) is 16.1. The van der Waals surface area contributed by atoms with E-state index in [2.05, 4.69) is 16.1 Å². The molecule has 114 valence electrons. The quantitative estimate of drug-likeness (QED) is 0.862. The molecule has 1 aromatic carbocycles. The van der Waals surface area contributed by atoms with Crippen molar-refractivity contribution in [2.24, 2.45) is 0 Å². The number of nitriles is 1. The number of amides is 1. The van der Waals surface area contributed by atoms with Crippen molar-refractivity contribution in [1.82, 2.24) is 5.32 Å². The molecule has 1 atom stereocenters. The van der Waals surface area contributed by atoms with E-state index in [1.807, 2.05) is 31.2 Å². The Balaban J connectivity index is 2.32. The Morgan fingerprint density at radius 3 is 2.73 bits per heavy atom. The molecule has 0 spiro atoms. The Kier molecular flexibility index (Phi) is 5.23. The van der Waals surface area contributed by atoms with Gasteiger partial charge in [0, 0.05) is 12.3 Å². The Hall–Kier alpha value is -2.26. The maximum atomic E-state index is 11.9. The first-order valence-corrected chi connectivity index (χ1v) is 7.74. The predicted molar refractivity (Wildman–Crippen MR) is 83.8 cm³/mol. The third-order valence-electron chi connectivity index (χ3n) is 3.40. The fraction of sp³-hybridized carbons (Fsp3) is 0.312. The second kappa shape index (κ2) is 7.14. The molecule has 0 aromatic heterocycles. The second-order valence-corrected chi connectivity index (χ2v) is 5.92. The van der Waals surface area contributed by atoms with Crippen LogP contribution in [0.25, 0.3) is 0 Å². The van der Waals surface area contributed by atoms with E-state index in [0.717, 1.165) is 22.9 Å².